The molecule has 0 heterocycles. The van der Waals surface area contributed by atoms with Crippen molar-refractivity contribution < 1.29 is 13.2 Å². The number of rotatable bonds is 6. The summed E-state index contributed by atoms with van der Waals surface area (Å²) in [6.07, 6.45) is 5.48. The number of halogens is 3. The van der Waals surface area contributed by atoms with Crippen LogP contribution in [0.1, 0.15) is 88.2 Å². The molecule has 0 aromatic heterocycles. The van der Waals surface area contributed by atoms with E-state index >= 15 is 0 Å². The summed E-state index contributed by atoms with van der Waals surface area (Å²) in [6, 6.07) is 8.11. The van der Waals surface area contributed by atoms with Crippen LogP contribution >= 0.6 is 0 Å². The monoisotopic (exact) mass is 350 g/mol. The quantitative estimate of drug-likeness (QED) is 0.375. The maximum atomic E-state index is 12.1. The summed E-state index contributed by atoms with van der Waals surface area (Å²) in [5.41, 5.74) is 2.16. The molecule has 0 unspecified atom stereocenters. The fourth-order valence-electron chi connectivity index (χ4n) is 3.67. The second-order valence-electron chi connectivity index (χ2n) is 7.25. The van der Waals surface area contributed by atoms with Gasteiger partial charge in [0, 0.05) is 12.0 Å². The Morgan fingerprint density at radius 1 is 1.00 bits per heavy atom. The van der Waals surface area contributed by atoms with Gasteiger partial charge < -0.3 is 0 Å². The minimum absolute atomic E-state index is 0.132. The molecular weight excluding hydrogens is 321 g/mol. The summed E-state index contributed by atoms with van der Waals surface area (Å²) in [5.74, 6) is 6.99. The first-order chi connectivity index (χ1) is 12.0. The van der Waals surface area contributed by atoms with Gasteiger partial charge in [-0.25, -0.2) is 0 Å². The van der Waals surface area contributed by atoms with Crippen LogP contribution in [0.3, 0.4) is 0 Å². The van der Waals surface area contributed by atoms with Crippen molar-refractivity contribution in [2.24, 2.45) is 5.92 Å². The zero-order chi connectivity index (χ0) is 18.1. The molecule has 1 aromatic rings. The predicted octanol–water partition coefficient (Wildman–Crippen LogP) is 7.23. The summed E-state index contributed by atoms with van der Waals surface area (Å²) in [7, 11) is 0. The normalized spacial score (nSPS) is 20.8. The van der Waals surface area contributed by atoms with Gasteiger partial charge in [-0.15, -0.1) is 0 Å². The molecular formula is C22H29F3. The van der Waals surface area contributed by atoms with Crippen molar-refractivity contribution in [2.45, 2.75) is 83.2 Å². The van der Waals surface area contributed by atoms with Crippen molar-refractivity contribution in [3.05, 3.63) is 35.4 Å². The van der Waals surface area contributed by atoms with Gasteiger partial charge in [-0.3, -0.25) is 0 Å². The van der Waals surface area contributed by atoms with Crippen molar-refractivity contribution in [1.29, 1.82) is 0 Å². The Hall–Kier alpha value is -1.43. The van der Waals surface area contributed by atoms with E-state index in [0.717, 1.165) is 11.5 Å². The Kier molecular flexibility index (Phi) is 7.88. The number of hydrogen-bond donors (Lipinski definition) is 0. The Labute approximate surface area is 150 Å². The Balaban J connectivity index is 1.78. The van der Waals surface area contributed by atoms with Crippen molar-refractivity contribution in [1.82, 2.24) is 0 Å². The molecule has 25 heavy (non-hydrogen) atoms. The molecule has 0 spiro atoms. The maximum Gasteiger partial charge on any atom is 0.390 e. The average Bonchev–Trinajstić information content (AvgIpc) is 2.59. The lowest BCUT2D eigenvalue weighted by Crippen LogP contribution is -2.13. The van der Waals surface area contributed by atoms with Crippen molar-refractivity contribution in [3.8, 4) is 11.8 Å². The largest absolute Gasteiger partial charge is 0.390 e. The summed E-state index contributed by atoms with van der Waals surface area (Å²) < 4.78 is 36.3. The van der Waals surface area contributed by atoms with Gasteiger partial charge in [0.1, 0.15) is 0 Å². The van der Waals surface area contributed by atoms with E-state index in [0.29, 0.717) is 5.92 Å². The van der Waals surface area contributed by atoms with Crippen LogP contribution in [0.4, 0.5) is 13.2 Å². The number of benzene rings is 1. The lowest BCUT2D eigenvalue weighted by Gasteiger charge is -2.29. The van der Waals surface area contributed by atoms with E-state index in [1.54, 1.807) is 0 Å². The van der Waals surface area contributed by atoms with Crippen molar-refractivity contribution in [3.63, 3.8) is 0 Å². The lowest BCUT2D eigenvalue weighted by atomic mass is 9.77. The van der Waals surface area contributed by atoms with E-state index in [2.05, 4.69) is 30.9 Å². The van der Waals surface area contributed by atoms with Gasteiger partial charge in [0.2, 0.25) is 0 Å². The van der Waals surface area contributed by atoms with Crippen molar-refractivity contribution >= 4 is 0 Å². The molecule has 0 aliphatic heterocycles. The highest BCUT2D eigenvalue weighted by atomic mass is 19.4. The SMILES string of the molecule is CCCCCC1CCC(c2ccc(C#CCCC(F)(F)F)cc2)CC1. The molecule has 1 aliphatic rings. The molecule has 0 nitrogen and oxygen atoms in total. The molecule has 0 amide bonds. The zero-order valence-corrected chi connectivity index (χ0v) is 15.2. The van der Waals surface area contributed by atoms with Crippen LogP contribution in [-0.4, -0.2) is 6.18 Å². The first kappa shape index (κ1) is 19.9. The van der Waals surface area contributed by atoms with Crippen LogP contribution in [0.25, 0.3) is 0 Å². The predicted molar refractivity (Wildman–Crippen MR) is 97.5 cm³/mol. The van der Waals surface area contributed by atoms with E-state index in [4.69, 9.17) is 0 Å². The number of alkyl halides is 3. The van der Waals surface area contributed by atoms with E-state index in [1.807, 2.05) is 12.1 Å². The maximum absolute atomic E-state index is 12.1. The van der Waals surface area contributed by atoms with E-state index in [-0.39, 0.29) is 6.42 Å². The molecule has 1 saturated carbocycles. The van der Waals surface area contributed by atoms with E-state index in [9.17, 15) is 13.2 Å². The van der Waals surface area contributed by atoms with Crippen LogP contribution in [0, 0.1) is 17.8 Å². The Morgan fingerprint density at radius 2 is 1.68 bits per heavy atom. The van der Waals surface area contributed by atoms with Gasteiger partial charge in [0.25, 0.3) is 0 Å². The van der Waals surface area contributed by atoms with Gasteiger partial charge >= 0.3 is 6.18 Å². The van der Waals surface area contributed by atoms with Crippen LogP contribution < -0.4 is 0 Å². The molecule has 1 aromatic carbocycles. The molecule has 0 radical (unpaired) electrons. The first-order valence-electron chi connectivity index (χ1n) is 9.63. The van der Waals surface area contributed by atoms with E-state index in [1.165, 1.54) is 56.9 Å². The van der Waals surface area contributed by atoms with Gasteiger partial charge in [-0.05, 0) is 55.2 Å². The first-order valence-corrected chi connectivity index (χ1v) is 9.63. The number of hydrogen-bond acceptors (Lipinski definition) is 0. The third-order valence-corrected chi connectivity index (χ3v) is 5.21. The standard InChI is InChI=1S/C22H29F3/c1-2-3-4-7-18-9-13-20(14-10-18)21-15-11-19(12-16-21)8-5-6-17-22(23,24)25/h11-12,15-16,18,20H,2-4,6-7,9-10,13-14,17H2,1H3. The highest BCUT2D eigenvalue weighted by Gasteiger charge is 2.25. The molecule has 1 fully saturated rings. The van der Waals surface area contributed by atoms with Gasteiger partial charge in [0.15, 0.2) is 0 Å². The highest BCUT2D eigenvalue weighted by molar-refractivity contribution is 5.37. The van der Waals surface area contributed by atoms with Crippen LogP contribution in [0.15, 0.2) is 24.3 Å². The topological polar surface area (TPSA) is 0 Å². The lowest BCUT2D eigenvalue weighted by molar-refractivity contribution is -0.133. The van der Waals surface area contributed by atoms with E-state index < -0.39 is 12.6 Å². The molecule has 0 bridgehead atoms. The highest BCUT2D eigenvalue weighted by Crippen LogP contribution is 2.37. The zero-order valence-electron chi connectivity index (χ0n) is 15.2. The molecule has 2 rings (SSSR count). The molecule has 3 heteroatoms. The van der Waals surface area contributed by atoms with Gasteiger partial charge in [-0.1, -0.05) is 56.6 Å². The van der Waals surface area contributed by atoms with Crippen LogP contribution in [0.5, 0.6) is 0 Å². The van der Waals surface area contributed by atoms with Crippen LogP contribution in [0.2, 0.25) is 0 Å². The Morgan fingerprint density at radius 3 is 2.28 bits per heavy atom. The summed E-state index contributed by atoms with van der Waals surface area (Å²) >= 11 is 0. The summed E-state index contributed by atoms with van der Waals surface area (Å²) in [5, 5.41) is 0. The molecule has 0 N–H and O–H groups in total. The smallest absolute Gasteiger partial charge is 0.171 e. The third kappa shape index (κ3) is 7.55. The minimum atomic E-state index is -4.12. The molecule has 0 atom stereocenters. The number of unbranched alkanes of at least 4 members (excludes halogenated alkanes) is 2. The van der Waals surface area contributed by atoms with Crippen molar-refractivity contribution in [2.75, 3.05) is 0 Å². The second kappa shape index (κ2) is 9.90. The fraction of sp³-hybridized carbons (Fsp3) is 0.636. The molecule has 138 valence electrons. The summed E-state index contributed by atoms with van der Waals surface area (Å²) in [4.78, 5) is 0. The van der Waals surface area contributed by atoms with Gasteiger partial charge in [-0.2, -0.15) is 13.2 Å². The molecule has 1 aliphatic carbocycles. The average molecular weight is 350 g/mol. The fourth-order valence-corrected chi connectivity index (χ4v) is 3.67. The Bertz CT molecular complexity index is 552. The minimum Gasteiger partial charge on any atom is -0.171 e. The van der Waals surface area contributed by atoms with Gasteiger partial charge in [0.05, 0.1) is 6.42 Å². The van der Waals surface area contributed by atoms with Crippen LogP contribution in [-0.2, 0) is 0 Å². The second-order valence-corrected chi connectivity index (χ2v) is 7.25. The molecule has 0 saturated heterocycles. The summed E-state index contributed by atoms with van der Waals surface area (Å²) in [6.45, 7) is 2.25. The third-order valence-electron chi connectivity index (χ3n) is 5.21.